The highest BCUT2D eigenvalue weighted by Gasteiger charge is 2.05. The van der Waals surface area contributed by atoms with Crippen LogP contribution in [0.25, 0.3) is 10.2 Å². The third kappa shape index (κ3) is 2.37. The second kappa shape index (κ2) is 4.63. The molecule has 0 amide bonds. The van der Waals surface area contributed by atoms with E-state index >= 15 is 0 Å². The van der Waals surface area contributed by atoms with Gasteiger partial charge in [-0.05, 0) is 24.6 Å². The van der Waals surface area contributed by atoms with E-state index in [1.807, 2.05) is 18.2 Å². The van der Waals surface area contributed by atoms with Crippen LogP contribution >= 0.6 is 11.3 Å². The topological polar surface area (TPSA) is 74.5 Å². The number of thiazole rings is 1. The Labute approximate surface area is 113 Å². The van der Waals surface area contributed by atoms with Gasteiger partial charge in [0.15, 0.2) is 16.6 Å². The molecule has 0 unspecified atom stereocenters. The lowest BCUT2D eigenvalue weighted by atomic mass is 10.2. The molecule has 0 atom stereocenters. The van der Waals surface area contributed by atoms with Crippen LogP contribution in [0, 0.1) is 18.3 Å². The van der Waals surface area contributed by atoms with Gasteiger partial charge >= 0.3 is 0 Å². The van der Waals surface area contributed by atoms with Gasteiger partial charge in [0.1, 0.15) is 6.07 Å². The quantitative estimate of drug-likeness (QED) is 0.772. The maximum atomic E-state index is 8.66. The maximum Gasteiger partial charge on any atom is 0.189 e. The van der Waals surface area contributed by atoms with Gasteiger partial charge in [-0.3, -0.25) is 0 Å². The van der Waals surface area contributed by atoms with E-state index < -0.39 is 0 Å². The van der Waals surface area contributed by atoms with Crippen molar-refractivity contribution in [1.29, 1.82) is 5.26 Å². The van der Waals surface area contributed by atoms with Crippen LogP contribution in [0.4, 0.5) is 10.9 Å². The van der Waals surface area contributed by atoms with Crippen LogP contribution in [0.3, 0.4) is 0 Å². The zero-order valence-electron chi connectivity index (χ0n) is 10.1. The monoisotopic (exact) mass is 267 g/mol. The van der Waals surface area contributed by atoms with E-state index in [1.165, 1.54) is 18.0 Å². The van der Waals surface area contributed by atoms with E-state index in [1.54, 1.807) is 11.3 Å². The van der Waals surface area contributed by atoms with Crippen molar-refractivity contribution < 1.29 is 0 Å². The molecule has 1 N–H and O–H groups in total. The molecule has 2 heterocycles. The number of nitrogens with zero attached hydrogens (tertiary/aromatic N) is 4. The molecule has 92 valence electrons. The van der Waals surface area contributed by atoms with E-state index in [4.69, 9.17) is 5.26 Å². The average molecular weight is 267 g/mol. The van der Waals surface area contributed by atoms with Gasteiger partial charge in [-0.25, -0.2) is 15.0 Å². The molecule has 0 radical (unpaired) electrons. The molecule has 3 rings (SSSR count). The van der Waals surface area contributed by atoms with Crippen LogP contribution in [-0.2, 0) is 0 Å². The number of nitrogens with one attached hydrogen (secondary N) is 1. The zero-order valence-corrected chi connectivity index (χ0v) is 10.9. The lowest BCUT2D eigenvalue weighted by Crippen LogP contribution is -1.94. The molecule has 1 aromatic carbocycles. The maximum absolute atomic E-state index is 8.66. The normalized spacial score (nSPS) is 10.3. The number of nitriles is 1. The van der Waals surface area contributed by atoms with Crippen LogP contribution in [0.15, 0.2) is 30.6 Å². The van der Waals surface area contributed by atoms with Gasteiger partial charge < -0.3 is 5.32 Å². The molecule has 0 saturated carbocycles. The zero-order chi connectivity index (χ0) is 13.2. The van der Waals surface area contributed by atoms with Gasteiger partial charge in [0, 0.05) is 0 Å². The molecule has 0 bridgehead atoms. The average Bonchev–Trinajstić information content (AvgIpc) is 2.81. The molecule has 0 saturated heterocycles. The third-order valence-electron chi connectivity index (χ3n) is 2.55. The van der Waals surface area contributed by atoms with Crippen molar-refractivity contribution in [1.82, 2.24) is 15.0 Å². The lowest BCUT2D eigenvalue weighted by molar-refractivity contribution is 1.16. The van der Waals surface area contributed by atoms with Crippen molar-refractivity contribution in [3.63, 3.8) is 0 Å². The van der Waals surface area contributed by atoms with Gasteiger partial charge in [-0.1, -0.05) is 17.4 Å². The number of hydrogen-bond donors (Lipinski definition) is 1. The molecular formula is C13H9N5S. The van der Waals surface area contributed by atoms with Gasteiger partial charge in [0.2, 0.25) is 0 Å². The number of fused-ring (bicyclic) bond motifs is 1. The van der Waals surface area contributed by atoms with E-state index in [0.29, 0.717) is 11.5 Å². The molecule has 3 aromatic rings. The molecule has 5 nitrogen and oxygen atoms in total. The fourth-order valence-corrected chi connectivity index (χ4v) is 2.62. The minimum Gasteiger partial charge on any atom is -0.315 e. The van der Waals surface area contributed by atoms with E-state index in [2.05, 4.69) is 33.3 Å². The van der Waals surface area contributed by atoms with Crippen molar-refractivity contribution in [2.75, 3.05) is 5.32 Å². The molecular weight excluding hydrogens is 258 g/mol. The summed E-state index contributed by atoms with van der Waals surface area (Å²) < 4.78 is 1.13. The predicted octanol–water partition coefficient (Wildman–Crippen LogP) is 3.01. The predicted molar refractivity (Wildman–Crippen MR) is 74.4 cm³/mol. The molecule has 19 heavy (non-hydrogen) atoms. The van der Waals surface area contributed by atoms with Crippen LogP contribution in [0.2, 0.25) is 0 Å². The Bertz CT molecular complexity index is 770. The molecule has 0 fully saturated rings. The Morgan fingerprint density at radius 2 is 2.16 bits per heavy atom. The standard InChI is InChI=1S/C13H9N5S/c1-8-2-3-10-11(4-8)19-13(17-10)18-12-7-15-9(5-14)6-16-12/h2-4,6-7H,1H3,(H,16,17,18). The summed E-state index contributed by atoms with van der Waals surface area (Å²) in [5.41, 5.74) is 2.46. The van der Waals surface area contributed by atoms with Crippen molar-refractivity contribution in [2.24, 2.45) is 0 Å². The fraction of sp³-hybridized carbons (Fsp3) is 0.0769. The van der Waals surface area contributed by atoms with Crippen molar-refractivity contribution >= 4 is 32.5 Å². The number of aromatic nitrogens is 3. The SMILES string of the molecule is Cc1ccc2nc(Nc3cnc(C#N)cn3)sc2c1. The summed E-state index contributed by atoms with van der Waals surface area (Å²) >= 11 is 1.56. The molecule has 0 spiro atoms. The lowest BCUT2D eigenvalue weighted by Gasteiger charge is -1.99. The Morgan fingerprint density at radius 1 is 1.26 bits per heavy atom. The summed E-state index contributed by atoms with van der Waals surface area (Å²) in [6, 6.07) is 8.06. The first-order valence-electron chi connectivity index (χ1n) is 5.61. The van der Waals surface area contributed by atoms with Gasteiger partial charge in [0.25, 0.3) is 0 Å². The molecule has 0 aliphatic heterocycles. The number of benzene rings is 1. The largest absolute Gasteiger partial charge is 0.315 e. The summed E-state index contributed by atoms with van der Waals surface area (Å²) in [6.07, 6.45) is 2.95. The Balaban J connectivity index is 1.90. The summed E-state index contributed by atoms with van der Waals surface area (Å²) in [5.74, 6) is 0.578. The minimum absolute atomic E-state index is 0.297. The van der Waals surface area contributed by atoms with Gasteiger partial charge in [0.05, 0.1) is 22.6 Å². The number of rotatable bonds is 2. The van der Waals surface area contributed by atoms with Gasteiger partial charge in [-0.15, -0.1) is 0 Å². The Hall–Kier alpha value is -2.52. The van der Waals surface area contributed by atoms with E-state index in [0.717, 1.165) is 15.3 Å². The summed E-state index contributed by atoms with van der Waals surface area (Å²) in [5, 5.41) is 12.5. The summed E-state index contributed by atoms with van der Waals surface area (Å²) in [6.45, 7) is 2.05. The van der Waals surface area contributed by atoms with Crippen LogP contribution in [-0.4, -0.2) is 15.0 Å². The minimum atomic E-state index is 0.297. The number of aryl methyl sites for hydroxylation is 1. The van der Waals surface area contributed by atoms with Crippen LogP contribution < -0.4 is 5.32 Å². The van der Waals surface area contributed by atoms with Crippen molar-refractivity contribution in [2.45, 2.75) is 6.92 Å². The smallest absolute Gasteiger partial charge is 0.189 e. The van der Waals surface area contributed by atoms with E-state index in [-0.39, 0.29) is 0 Å². The van der Waals surface area contributed by atoms with Gasteiger partial charge in [-0.2, -0.15) is 5.26 Å². The van der Waals surface area contributed by atoms with Crippen molar-refractivity contribution in [3.8, 4) is 6.07 Å². The first-order valence-corrected chi connectivity index (χ1v) is 6.42. The molecule has 6 heteroatoms. The molecule has 2 aromatic heterocycles. The fourth-order valence-electron chi connectivity index (χ4n) is 1.65. The Morgan fingerprint density at radius 3 is 2.89 bits per heavy atom. The van der Waals surface area contributed by atoms with Crippen LogP contribution in [0.5, 0.6) is 0 Å². The second-order valence-corrected chi connectivity index (χ2v) is 5.04. The first-order chi connectivity index (χ1) is 9.24. The molecule has 0 aliphatic rings. The second-order valence-electron chi connectivity index (χ2n) is 4.01. The van der Waals surface area contributed by atoms with Crippen molar-refractivity contribution in [3.05, 3.63) is 41.9 Å². The number of hydrogen-bond acceptors (Lipinski definition) is 6. The third-order valence-corrected chi connectivity index (χ3v) is 3.48. The molecule has 0 aliphatic carbocycles. The number of anilines is 2. The highest BCUT2D eigenvalue weighted by Crippen LogP contribution is 2.28. The highest BCUT2D eigenvalue weighted by molar-refractivity contribution is 7.22. The van der Waals surface area contributed by atoms with Crippen LogP contribution in [0.1, 0.15) is 11.3 Å². The summed E-state index contributed by atoms with van der Waals surface area (Å²) in [4.78, 5) is 12.5. The first kappa shape index (κ1) is 11.6. The highest BCUT2D eigenvalue weighted by atomic mass is 32.1. The van der Waals surface area contributed by atoms with E-state index in [9.17, 15) is 0 Å². The Kier molecular flexibility index (Phi) is 2.82. The summed E-state index contributed by atoms with van der Waals surface area (Å²) in [7, 11) is 0.